The van der Waals surface area contributed by atoms with Crippen molar-refractivity contribution < 1.29 is 4.79 Å². The Hall–Kier alpha value is -1.83. The zero-order valence-electron chi connectivity index (χ0n) is 11.1. The van der Waals surface area contributed by atoms with Crippen LogP contribution in [0.1, 0.15) is 53.9 Å². The SMILES string of the molecule is NC(=O)c1cc(C2CCCCC2)c2ccccc2c1. The van der Waals surface area contributed by atoms with Crippen LogP contribution in [-0.4, -0.2) is 5.91 Å². The van der Waals surface area contributed by atoms with Crippen LogP contribution in [0.25, 0.3) is 10.8 Å². The Labute approximate surface area is 113 Å². The van der Waals surface area contributed by atoms with Crippen LogP contribution in [-0.2, 0) is 0 Å². The molecule has 2 aromatic rings. The molecule has 0 spiro atoms. The second-order valence-electron chi connectivity index (χ2n) is 5.49. The van der Waals surface area contributed by atoms with Gasteiger partial charge < -0.3 is 5.73 Å². The summed E-state index contributed by atoms with van der Waals surface area (Å²) in [4.78, 5) is 11.5. The van der Waals surface area contributed by atoms with E-state index < -0.39 is 0 Å². The van der Waals surface area contributed by atoms with Gasteiger partial charge in [0.05, 0.1) is 0 Å². The molecule has 2 heteroatoms. The Morgan fingerprint density at radius 1 is 1.05 bits per heavy atom. The number of carbonyl (C=O) groups excluding carboxylic acids is 1. The van der Waals surface area contributed by atoms with E-state index >= 15 is 0 Å². The van der Waals surface area contributed by atoms with Crippen LogP contribution >= 0.6 is 0 Å². The Kier molecular flexibility index (Phi) is 3.24. The maximum atomic E-state index is 11.5. The van der Waals surface area contributed by atoms with Gasteiger partial charge in [-0.15, -0.1) is 0 Å². The Bertz CT molecular complexity index is 612. The third-order valence-corrected chi connectivity index (χ3v) is 4.22. The van der Waals surface area contributed by atoms with Gasteiger partial charge in [0.1, 0.15) is 0 Å². The third-order valence-electron chi connectivity index (χ3n) is 4.22. The van der Waals surface area contributed by atoms with E-state index in [4.69, 9.17) is 5.73 Å². The molecule has 0 bridgehead atoms. The molecule has 0 aromatic heterocycles. The minimum Gasteiger partial charge on any atom is -0.366 e. The summed E-state index contributed by atoms with van der Waals surface area (Å²) >= 11 is 0. The minimum atomic E-state index is -0.331. The highest BCUT2D eigenvalue weighted by atomic mass is 16.1. The van der Waals surface area contributed by atoms with Gasteiger partial charge in [0.2, 0.25) is 5.91 Å². The number of nitrogens with two attached hydrogens (primary N) is 1. The minimum absolute atomic E-state index is 0.331. The van der Waals surface area contributed by atoms with Gasteiger partial charge in [0.25, 0.3) is 0 Å². The number of carbonyl (C=O) groups is 1. The van der Waals surface area contributed by atoms with Crippen molar-refractivity contribution in [1.29, 1.82) is 0 Å². The first-order valence-corrected chi connectivity index (χ1v) is 7.08. The molecule has 1 amide bonds. The van der Waals surface area contributed by atoms with Gasteiger partial charge in [-0.05, 0) is 47.2 Å². The monoisotopic (exact) mass is 253 g/mol. The molecular formula is C17H19NO. The van der Waals surface area contributed by atoms with Crippen LogP contribution in [0.15, 0.2) is 36.4 Å². The average Bonchev–Trinajstić information content (AvgIpc) is 2.47. The van der Waals surface area contributed by atoms with E-state index in [0.29, 0.717) is 11.5 Å². The zero-order chi connectivity index (χ0) is 13.2. The largest absolute Gasteiger partial charge is 0.366 e. The van der Waals surface area contributed by atoms with Crippen molar-refractivity contribution in [2.24, 2.45) is 5.73 Å². The maximum Gasteiger partial charge on any atom is 0.248 e. The van der Waals surface area contributed by atoms with E-state index in [9.17, 15) is 4.79 Å². The van der Waals surface area contributed by atoms with E-state index in [0.717, 1.165) is 5.39 Å². The highest BCUT2D eigenvalue weighted by molar-refractivity contribution is 5.99. The molecule has 98 valence electrons. The number of amides is 1. The van der Waals surface area contributed by atoms with Gasteiger partial charge in [-0.2, -0.15) is 0 Å². The normalized spacial score (nSPS) is 16.6. The van der Waals surface area contributed by atoms with Gasteiger partial charge in [-0.25, -0.2) is 0 Å². The second kappa shape index (κ2) is 5.04. The number of primary amides is 1. The van der Waals surface area contributed by atoms with Gasteiger partial charge >= 0.3 is 0 Å². The van der Waals surface area contributed by atoms with Crippen molar-refractivity contribution in [3.63, 3.8) is 0 Å². The maximum absolute atomic E-state index is 11.5. The van der Waals surface area contributed by atoms with Gasteiger partial charge in [0.15, 0.2) is 0 Å². The summed E-state index contributed by atoms with van der Waals surface area (Å²) in [6.07, 6.45) is 6.38. The van der Waals surface area contributed by atoms with E-state index in [1.54, 1.807) is 0 Å². The summed E-state index contributed by atoms with van der Waals surface area (Å²) in [5.74, 6) is 0.251. The quantitative estimate of drug-likeness (QED) is 0.864. The predicted octanol–water partition coefficient (Wildman–Crippen LogP) is 3.99. The average molecular weight is 253 g/mol. The first kappa shape index (κ1) is 12.2. The molecule has 0 radical (unpaired) electrons. The zero-order valence-corrected chi connectivity index (χ0v) is 11.1. The van der Waals surface area contributed by atoms with Crippen LogP contribution in [0.4, 0.5) is 0 Å². The topological polar surface area (TPSA) is 43.1 Å². The number of benzene rings is 2. The van der Waals surface area contributed by atoms with Crippen molar-refractivity contribution in [3.05, 3.63) is 47.5 Å². The van der Waals surface area contributed by atoms with Gasteiger partial charge in [-0.1, -0.05) is 43.5 Å². The van der Waals surface area contributed by atoms with Crippen LogP contribution < -0.4 is 5.73 Å². The molecule has 1 fully saturated rings. The second-order valence-corrected chi connectivity index (χ2v) is 5.49. The molecule has 0 unspecified atom stereocenters. The Morgan fingerprint density at radius 3 is 2.53 bits per heavy atom. The lowest BCUT2D eigenvalue weighted by Gasteiger charge is -2.24. The van der Waals surface area contributed by atoms with E-state index in [-0.39, 0.29) is 5.91 Å². The van der Waals surface area contributed by atoms with Crippen LogP contribution in [0.3, 0.4) is 0 Å². The molecule has 0 heterocycles. The fourth-order valence-corrected chi connectivity index (χ4v) is 3.23. The summed E-state index contributed by atoms with van der Waals surface area (Å²) in [6.45, 7) is 0. The predicted molar refractivity (Wildman–Crippen MR) is 78.3 cm³/mol. The molecule has 0 atom stereocenters. The smallest absolute Gasteiger partial charge is 0.248 e. The number of hydrogen-bond donors (Lipinski definition) is 1. The highest BCUT2D eigenvalue weighted by Crippen LogP contribution is 2.37. The van der Waals surface area contributed by atoms with Crippen LogP contribution in [0, 0.1) is 0 Å². The Balaban J connectivity index is 2.16. The molecule has 1 aliphatic rings. The molecular weight excluding hydrogens is 234 g/mol. The fourth-order valence-electron chi connectivity index (χ4n) is 3.23. The molecule has 1 saturated carbocycles. The van der Waals surface area contributed by atoms with Gasteiger partial charge in [-0.3, -0.25) is 4.79 Å². The molecule has 1 aliphatic carbocycles. The number of fused-ring (bicyclic) bond motifs is 1. The Morgan fingerprint density at radius 2 is 1.79 bits per heavy atom. The van der Waals surface area contributed by atoms with E-state index in [2.05, 4.69) is 18.2 Å². The highest BCUT2D eigenvalue weighted by Gasteiger charge is 2.19. The molecule has 0 saturated heterocycles. The van der Waals surface area contributed by atoms with Crippen molar-refractivity contribution >= 4 is 16.7 Å². The number of rotatable bonds is 2. The summed E-state index contributed by atoms with van der Waals surface area (Å²) in [5.41, 5.74) is 7.41. The van der Waals surface area contributed by atoms with Crippen molar-refractivity contribution in [3.8, 4) is 0 Å². The summed E-state index contributed by atoms with van der Waals surface area (Å²) < 4.78 is 0. The standard InChI is InChI=1S/C17H19NO/c18-17(19)14-10-13-8-4-5-9-15(13)16(11-14)12-6-2-1-3-7-12/h4-5,8-12H,1-3,6-7H2,(H2,18,19). The fraction of sp³-hybridized carbons (Fsp3) is 0.353. The molecule has 2 nitrogen and oxygen atoms in total. The number of hydrogen-bond acceptors (Lipinski definition) is 1. The van der Waals surface area contributed by atoms with Crippen LogP contribution in [0.5, 0.6) is 0 Å². The molecule has 19 heavy (non-hydrogen) atoms. The molecule has 3 rings (SSSR count). The lowest BCUT2D eigenvalue weighted by atomic mass is 9.81. The van der Waals surface area contributed by atoms with Crippen LogP contribution in [0.2, 0.25) is 0 Å². The summed E-state index contributed by atoms with van der Waals surface area (Å²) in [6, 6.07) is 12.2. The first-order valence-electron chi connectivity index (χ1n) is 7.08. The van der Waals surface area contributed by atoms with Gasteiger partial charge in [0, 0.05) is 5.56 Å². The van der Waals surface area contributed by atoms with Crippen molar-refractivity contribution in [2.75, 3.05) is 0 Å². The lowest BCUT2D eigenvalue weighted by Crippen LogP contribution is -2.13. The molecule has 0 aliphatic heterocycles. The summed E-state index contributed by atoms with van der Waals surface area (Å²) in [7, 11) is 0. The summed E-state index contributed by atoms with van der Waals surface area (Å²) in [5, 5.41) is 2.40. The first-order chi connectivity index (χ1) is 9.25. The lowest BCUT2D eigenvalue weighted by molar-refractivity contribution is 0.100. The van der Waals surface area contributed by atoms with E-state index in [1.165, 1.54) is 43.1 Å². The van der Waals surface area contributed by atoms with Crippen molar-refractivity contribution in [2.45, 2.75) is 38.0 Å². The third kappa shape index (κ3) is 2.35. The van der Waals surface area contributed by atoms with E-state index in [1.807, 2.05) is 18.2 Å². The molecule has 2 N–H and O–H groups in total. The van der Waals surface area contributed by atoms with Crippen molar-refractivity contribution in [1.82, 2.24) is 0 Å². The molecule has 2 aromatic carbocycles.